The molecule has 1 N–H and O–H groups in total. The van der Waals surface area contributed by atoms with E-state index in [-0.39, 0.29) is 5.88 Å². The van der Waals surface area contributed by atoms with E-state index in [0.717, 1.165) is 22.2 Å². The molecular weight excluding hydrogens is 274 g/mol. The third-order valence-corrected chi connectivity index (χ3v) is 3.60. The van der Waals surface area contributed by atoms with Gasteiger partial charge in [0.05, 0.1) is 11.2 Å². The smallest absolute Gasteiger partial charge is 0.221 e. The van der Waals surface area contributed by atoms with Gasteiger partial charge in [-0.05, 0) is 24.6 Å². The topological polar surface area (TPSA) is 49.9 Å². The predicted molar refractivity (Wildman–Crippen MR) is 89.2 cm³/mol. The Labute approximate surface area is 129 Å². The zero-order valence-electron chi connectivity index (χ0n) is 12.4. The lowest BCUT2D eigenvalue weighted by atomic mass is 10.2. The largest absolute Gasteiger partial charge is 0.493 e. The van der Waals surface area contributed by atoms with Gasteiger partial charge in [-0.1, -0.05) is 42.5 Å². The van der Waals surface area contributed by atoms with Crippen LogP contribution in [0.2, 0.25) is 0 Å². The molecular formula is C18H17N3O. The third kappa shape index (κ3) is 2.39. The molecule has 110 valence electrons. The number of azo groups is 1. The number of rotatable bonds is 4. The van der Waals surface area contributed by atoms with E-state index in [9.17, 15) is 5.11 Å². The third-order valence-electron chi connectivity index (χ3n) is 3.60. The van der Waals surface area contributed by atoms with Gasteiger partial charge in [0, 0.05) is 11.9 Å². The van der Waals surface area contributed by atoms with Crippen molar-refractivity contribution in [3.8, 4) is 5.88 Å². The maximum Gasteiger partial charge on any atom is 0.221 e. The number of aromatic hydroxyl groups is 1. The minimum absolute atomic E-state index is 0.110. The first-order valence-corrected chi connectivity index (χ1v) is 7.11. The first kappa shape index (κ1) is 14.1. The first-order chi connectivity index (χ1) is 10.7. The number of aryl methyl sites for hydroxylation is 1. The van der Waals surface area contributed by atoms with Crippen LogP contribution in [0.4, 0.5) is 11.4 Å². The summed E-state index contributed by atoms with van der Waals surface area (Å²) in [7, 11) is 0. The molecule has 22 heavy (non-hydrogen) atoms. The average molecular weight is 291 g/mol. The fourth-order valence-electron chi connectivity index (χ4n) is 2.46. The molecule has 0 unspecified atom stereocenters. The molecule has 3 rings (SSSR count). The van der Waals surface area contributed by atoms with E-state index in [1.54, 1.807) is 10.6 Å². The van der Waals surface area contributed by atoms with E-state index in [1.165, 1.54) is 0 Å². The van der Waals surface area contributed by atoms with Crippen LogP contribution in [0.25, 0.3) is 10.9 Å². The van der Waals surface area contributed by atoms with Crippen molar-refractivity contribution in [2.75, 3.05) is 0 Å². The van der Waals surface area contributed by atoms with Gasteiger partial charge in [0.25, 0.3) is 0 Å². The van der Waals surface area contributed by atoms with Crippen molar-refractivity contribution < 1.29 is 5.11 Å². The van der Waals surface area contributed by atoms with Gasteiger partial charge in [-0.15, -0.1) is 11.7 Å². The number of hydrogen-bond donors (Lipinski definition) is 1. The van der Waals surface area contributed by atoms with Gasteiger partial charge in [-0.2, -0.15) is 5.11 Å². The van der Waals surface area contributed by atoms with Crippen molar-refractivity contribution in [2.45, 2.75) is 13.5 Å². The summed E-state index contributed by atoms with van der Waals surface area (Å²) in [5, 5.41) is 19.9. The molecule has 0 amide bonds. The molecule has 0 aliphatic carbocycles. The fraction of sp³-hybridized carbons (Fsp3) is 0.111. The Bertz CT molecular complexity index is 862. The molecule has 0 aliphatic heterocycles. The summed E-state index contributed by atoms with van der Waals surface area (Å²) < 4.78 is 1.77. The zero-order valence-corrected chi connectivity index (χ0v) is 12.4. The standard InChI is InChI=1S/C18H17N3O/c1-3-12-21-16-11-7-5-9-14(16)17(18(21)22)20-19-15-10-6-4-8-13(15)2/h3-11,22H,1,12H2,2H3. The second kappa shape index (κ2) is 5.85. The lowest BCUT2D eigenvalue weighted by molar-refractivity contribution is 0.431. The summed E-state index contributed by atoms with van der Waals surface area (Å²) in [6.07, 6.45) is 1.74. The van der Waals surface area contributed by atoms with Gasteiger partial charge >= 0.3 is 0 Å². The van der Waals surface area contributed by atoms with Gasteiger partial charge < -0.3 is 9.67 Å². The number of fused-ring (bicyclic) bond motifs is 1. The predicted octanol–water partition coefficient (Wildman–Crippen LogP) is 5.26. The van der Waals surface area contributed by atoms with Gasteiger partial charge in [0.1, 0.15) is 0 Å². The molecule has 0 atom stereocenters. The summed E-state index contributed by atoms with van der Waals surface area (Å²) in [6.45, 7) is 6.23. The Hall–Kier alpha value is -2.88. The van der Waals surface area contributed by atoms with Crippen LogP contribution in [0.15, 0.2) is 71.4 Å². The second-order valence-electron chi connectivity index (χ2n) is 5.08. The van der Waals surface area contributed by atoms with Crippen LogP contribution in [0.3, 0.4) is 0 Å². The van der Waals surface area contributed by atoms with E-state index < -0.39 is 0 Å². The number of allylic oxidation sites excluding steroid dienone is 1. The van der Waals surface area contributed by atoms with Crippen LogP contribution in [0.5, 0.6) is 5.88 Å². The van der Waals surface area contributed by atoms with Crippen LogP contribution in [-0.4, -0.2) is 9.67 Å². The van der Waals surface area contributed by atoms with E-state index in [2.05, 4.69) is 16.8 Å². The van der Waals surface area contributed by atoms with E-state index in [1.807, 2.05) is 55.5 Å². The van der Waals surface area contributed by atoms with Crippen molar-refractivity contribution in [3.05, 3.63) is 66.7 Å². The summed E-state index contributed by atoms with van der Waals surface area (Å²) in [5.41, 5.74) is 3.24. The molecule has 3 aromatic rings. The maximum atomic E-state index is 10.5. The number of nitrogens with zero attached hydrogens (tertiary/aromatic N) is 3. The Morgan fingerprint density at radius 1 is 1.09 bits per heavy atom. The maximum absolute atomic E-state index is 10.5. The molecule has 4 nitrogen and oxygen atoms in total. The van der Waals surface area contributed by atoms with E-state index in [4.69, 9.17) is 0 Å². The van der Waals surface area contributed by atoms with Crippen molar-refractivity contribution in [3.63, 3.8) is 0 Å². The number of hydrogen-bond acceptors (Lipinski definition) is 3. The zero-order chi connectivity index (χ0) is 15.5. The molecule has 0 radical (unpaired) electrons. The lowest BCUT2D eigenvalue weighted by Crippen LogP contribution is -1.92. The van der Waals surface area contributed by atoms with Gasteiger partial charge in [0.2, 0.25) is 5.88 Å². The normalized spacial score (nSPS) is 11.3. The lowest BCUT2D eigenvalue weighted by Gasteiger charge is -2.01. The molecule has 0 fully saturated rings. The Kier molecular flexibility index (Phi) is 3.74. The Morgan fingerprint density at radius 2 is 1.82 bits per heavy atom. The highest BCUT2D eigenvalue weighted by Crippen LogP contribution is 2.39. The van der Waals surface area contributed by atoms with Crippen molar-refractivity contribution in [2.24, 2.45) is 10.2 Å². The number of para-hydroxylation sites is 1. The Morgan fingerprint density at radius 3 is 2.59 bits per heavy atom. The summed E-state index contributed by atoms with van der Waals surface area (Å²) in [6, 6.07) is 15.5. The van der Waals surface area contributed by atoms with Crippen LogP contribution in [0, 0.1) is 6.92 Å². The SMILES string of the molecule is C=CCn1c(O)c(N=Nc2ccccc2C)c2ccccc21. The van der Waals surface area contributed by atoms with Gasteiger partial charge in [-0.25, -0.2) is 0 Å². The van der Waals surface area contributed by atoms with Crippen LogP contribution < -0.4 is 0 Å². The van der Waals surface area contributed by atoms with Crippen LogP contribution in [-0.2, 0) is 6.54 Å². The molecule has 0 spiro atoms. The molecule has 2 aromatic carbocycles. The fourth-order valence-corrected chi connectivity index (χ4v) is 2.46. The van der Waals surface area contributed by atoms with Crippen LogP contribution >= 0.6 is 0 Å². The average Bonchev–Trinajstić information content (AvgIpc) is 2.80. The monoisotopic (exact) mass is 291 g/mol. The molecule has 0 saturated carbocycles. The molecule has 1 aromatic heterocycles. The quantitative estimate of drug-likeness (QED) is 0.517. The molecule has 0 saturated heterocycles. The molecule has 0 bridgehead atoms. The molecule has 1 heterocycles. The van der Waals surface area contributed by atoms with Crippen molar-refractivity contribution in [1.82, 2.24) is 4.57 Å². The first-order valence-electron chi connectivity index (χ1n) is 7.11. The molecule has 4 heteroatoms. The van der Waals surface area contributed by atoms with Gasteiger partial charge in [0.15, 0.2) is 5.69 Å². The van der Waals surface area contributed by atoms with Gasteiger partial charge in [-0.3, -0.25) is 0 Å². The number of aromatic nitrogens is 1. The highest BCUT2D eigenvalue weighted by Gasteiger charge is 2.15. The van der Waals surface area contributed by atoms with E-state index in [0.29, 0.717) is 12.2 Å². The van der Waals surface area contributed by atoms with E-state index >= 15 is 0 Å². The Balaban J connectivity index is 2.13. The summed E-state index contributed by atoms with van der Waals surface area (Å²) >= 11 is 0. The van der Waals surface area contributed by atoms with Crippen LogP contribution in [0.1, 0.15) is 5.56 Å². The highest BCUT2D eigenvalue weighted by molar-refractivity contribution is 5.95. The van der Waals surface area contributed by atoms with Crippen molar-refractivity contribution in [1.29, 1.82) is 0 Å². The minimum atomic E-state index is 0.110. The minimum Gasteiger partial charge on any atom is -0.493 e. The summed E-state index contributed by atoms with van der Waals surface area (Å²) in [4.78, 5) is 0. The van der Waals surface area contributed by atoms with Crippen molar-refractivity contribution >= 4 is 22.3 Å². The molecule has 0 aliphatic rings. The highest BCUT2D eigenvalue weighted by atomic mass is 16.3. The number of benzene rings is 2. The summed E-state index contributed by atoms with van der Waals surface area (Å²) in [5.74, 6) is 0.110. The second-order valence-corrected chi connectivity index (χ2v) is 5.08.